The number of rotatable bonds is 5. The first-order valence-corrected chi connectivity index (χ1v) is 7.11. The first kappa shape index (κ1) is 13.8. The van der Waals surface area contributed by atoms with Crippen LogP contribution < -0.4 is 5.73 Å². The molecule has 2 rings (SSSR count). The van der Waals surface area contributed by atoms with E-state index in [0.29, 0.717) is 25.7 Å². The molecule has 2 aliphatic rings. The number of ether oxygens (including phenoxy) is 1. The molecule has 1 atom stereocenters. The number of amides is 1. The molecule has 2 aliphatic heterocycles. The standard InChI is InChI=1S/C13H25N3O2/c14-11-12-3-1-5-15(12)6-2-4-13(17)16-7-9-18-10-8-16/h12H,1-11,14H2. The van der Waals surface area contributed by atoms with E-state index in [1.807, 2.05) is 4.90 Å². The molecule has 2 heterocycles. The van der Waals surface area contributed by atoms with E-state index in [-0.39, 0.29) is 5.91 Å². The molecule has 2 saturated heterocycles. The number of carbonyl (C=O) groups excluding carboxylic acids is 1. The van der Waals surface area contributed by atoms with Crippen molar-refractivity contribution in [2.45, 2.75) is 31.7 Å². The van der Waals surface area contributed by atoms with E-state index in [9.17, 15) is 4.79 Å². The van der Waals surface area contributed by atoms with E-state index >= 15 is 0 Å². The van der Waals surface area contributed by atoms with Crippen LogP contribution in [-0.4, -0.2) is 67.7 Å². The van der Waals surface area contributed by atoms with Crippen LogP contribution in [0.25, 0.3) is 0 Å². The van der Waals surface area contributed by atoms with Gasteiger partial charge in [0.1, 0.15) is 0 Å². The van der Waals surface area contributed by atoms with Crippen molar-refractivity contribution in [2.24, 2.45) is 5.73 Å². The molecule has 1 unspecified atom stereocenters. The molecule has 5 heteroatoms. The first-order chi connectivity index (χ1) is 8.81. The van der Waals surface area contributed by atoms with Crippen molar-refractivity contribution in [3.8, 4) is 0 Å². The zero-order valence-electron chi connectivity index (χ0n) is 11.1. The van der Waals surface area contributed by atoms with Crippen molar-refractivity contribution in [3.05, 3.63) is 0 Å². The number of morpholine rings is 1. The summed E-state index contributed by atoms with van der Waals surface area (Å²) in [6.07, 6.45) is 4.08. The Hall–Kier alpha value is -0.650. The maximum absolute atomic E-state index is 12.0. The van der Waals surface area contributed by atoms with Crippen LogP contribution in [0.3, 0.4) is 0 Å². The van der Waals surface area contributed by atoms with Gasteiger partial charge in [0, 0.05) is 32.1 Å². The highest BCUT2D eigenvalue weighted by Crippen LogP contribution is 2.16. The van der Waals surface area contributed by atoms with Crippen LogP contribution in [0.5, 0.6) is 0 Å². The summed E-state index contributed by atoms with van der Waals surface area (Å²) in [6, 6.07) is 0.545. The Bertz CT molecular complexity index is 267. The third-order valence-electron chi connectivity index (χ3n) is 3.97. The highest BCUT2D eigenvalue weighted by Gasteiger charge is 2.23. The second kappa shape index (κ2) is 7.07. The van der Waals surface area contributed by atoms with Gasteiger partial charge in [-0.25, -0.2) is 0 Å². The Morgan fingerprint density at radius 3 is 2.78 bits per heavy atom. The highest BCUT2D eigenvalue weighted by molar-refractivity contribution is 5.76. The fourth-order valence-electron chi connectivity index (χ4n) is 2.86. The Morgan fingerprint density at radius 1 is 1.28 bits per heavy atom. The minimum Gasteiger partial charge on any atom is -0.378 e. The molecule has 0 saturated carbocycles. The molecule has 5 nitrogen and oxygen atoms in total. The number of hydrogen-bond acceptors (Lipinski definition) is 4. The molecule has 0 aliphatic carbocycles. The quantitative estimate of drug-likeness (QED) is 0.754. The molecule has 0 radical (unpaired) electrons. The third kappa shape index (κ3) is 3.67. The summed E-state index contributed by atoms with van der Waals surface area (Å²) in [5.41, 5.74) is 5.74. The van der Waals surface area contributed by atoms with Crippen LogP contribution in [0, 0.1) is 0 Å². The lowest BCUT2D eigenvalue weighted by Crippen LogP contribution is -2.41. The van der Waals surface area contributed by atoms with E-state index in [1.54, 1.807) is 0 Å². The summed E-state index contributed by atoms with van der Waals surface area (Å²) in [5.74, 6) is 0.279. The van der Waals surface area contributed by atoms with E-state index in [0.717, 1.165) is 39.1 Å². The smallest absolute Gasteiger partial charge is 0.222 e. The molecule has 0 aromatic rings. The van der Waals surface area contributed by atoms with Gasteiger partial charge < -0.3 is 15.4 Å². The van der Waals surface area contributed by atoms with Crippen molar-refractivity contribution < 1.29 is 9.53 Å². The molecule has 0 bridgehead atoms. The van der Waals surface area contributed by atoms with Crippen LogP contribution in [0.1, 0.15) is 25.7 Å². The Labute approximate surface area is 109 Å². The van der Waals surface area contributed by atoms with Gasteiger partial charge in [-0.1, -0.05) is 0 Å². The maximum Gasteiger partial charge on any atom is 0.222 e. The Kier molecular flexibility index (Phi) is 5.41. The average molecular weight is 255 g/mol. The number of likely N-dealkylation sites (tertiary alicyclic amines) is 1. The number of hydrogen-bond donors (Lipinski definition) is 1. The van der Waals surface area contributed by atoms with Gasteiger partial charge in [0.05, 0.1) is 13.2 Å². The van der Waals surface area contributed by atoms with Crippen molar-refractivity contribution >= 4 is 5.91 Å². The van der Waals surface area contributed by atoms with Crippen molar-refractivity contribution in [3.63, 3.8) is 0 Å². The van der Waals surface area contributed by atoms with E-state index in [4.69, 9.17) is 10.5 Å². The molecule has 0 aromatic heterocycles. The van der Waals surface area contributed by atoms with Gasteiger partial charge in [0.2, 0.25) is 5.91 Å². The molecule has 0 aromatic carbocycles. The fourth-order valence-corrected chi connectivity index (χ4v) is 2.86. The maximum atomic E-state index is 12.0. The summed E-state index contributed by atoms with van der Waals surface area (Å²) in [4.78, 5) is 16.3. The van der Waals surface area contributed by atoms with Crippen molar-refractivity contribution in [1.82, 2.24) is 9.80 Å². The summed E-state index contributed by atoms with van der Waals surface area (Å²) < 4.78 is 5.25. The predicted octanol–water partition coefficient (Wildman–Crippen LogP) is 0.0485. The molecular weight excluding hydrogens is 230 g/mol. The lowest BCUT2D eigenvalue weighted by atomic mass is 10.2. The molecule has 2 fully saturated rings. The van der Waals surface area contributed by atoms with Gasteiger partial charge in [0.15, 0.2) is 0 Å². The van der Waals surface area contributed by atoms with E-state index < -0.39 is 0 Å². The second-order valence-corrected chi connectivity index (χ2v) is 5.16. The fraction of sp³-hybridized carbons (Fsp3) is 0.923. The average Bonchev–Trinajstić information content (AvgIpc) is 2.87. The topological polar surface area (TPSA) is 58.8 Å². The molecule has 0 spiro atoms. The zero-order valence-corrected chi connectivity index (χ0v) is 11.1. The molecular formula is C13H25N3O2. The van der Waals surface area contributed by atoms with Crippen LogP contribution in [0.2, 0.25) is 0 Å². The number of carbonyl (C=O) groups is 1. The van der Waals surface area contributed by atoms with Gasteiger partial charge in [-0.15, -0.1) is 0 Å². The lowest BCUT2D eigenvalue weighted by Gasteiger charge is -2.27. The number of nitrogens with two attached hydrogens (primary N) is 1. The largest absolute Gasteiger partial charge is 0.378 e. The molecule has 2 N–H and O–H groups in total. The summed E-state index contributed by atoms with van der Waals surface area (Å²) in [6.45, 7) is 5.80. The van der Waals surface area contributed by atoms with Gasteiger partial charge >= 0.3 is 0 Å². The summed E-state index contributed by atoms with van der Waals surface area (Å²) in [7, 11) is 0. The van der Waals surface area contributed by atoms with E-state index in [1.165, 1.54) is 12.8 Å². The van der Waals surface area contributed by atoms with E-state index in [2.05, 4.69) is 4.90 Å². The predicted molar refractivity (Wildman–Crippen MR) is 70.3 cm³/mol. The number of nitrogens with zero attached hydrogens (tertiary/aromatic N) is 2. The van der Waals surface area contributed by atoms with Crippen molar-refractivity contribution in [1.29, 1.82) is 0 Å². The second-order valence-electron chi connectivity index (χ2n) is 5.16. The first-order valence-electron chi connectivity index (χ1n) is 7.11. The van der Waals surface area contributed by atoms with Crippen LogP contribution in [0.4, 0.5) is 0 Å². The normalized spacial score (nSPS) is 25.6. The highest BCUT2D eigenvalue weighted by atomic mass is 16.5. The van der Waals surface area contributed by atoms with Crippen LogP contribution in [-0.2, 0) is 9.53 Å². The van der Waals surface area contributed by atoms with Gasteiger partial charge in [-0.3, -0.25) is 9.69 Å². The Balaban J connectivity index is 1.63. The SMILES string of the molecule is NCC1CCCN1CCCC(=O)N1CCOCC1. The van der Waals surface area contributed by atoms with Gasteiger partial charge in [-0.2, -0.15) is 0 Å². The zero-order chi connectivity index (χ0) is 12.8. The van der Waals surface area contributed by atoms with Crippen LogP contribution in [0.15, 0.2) is 0 Å². The minimum atomic E-state index is 0.279. The van der Waals surface area contributed by atoms with Crippen molar-refractivity contribution in [2.75, 3.05) is 45.9 Å². The molecule has 1 amide bonds. The monoisotopic (exact) mass is 255 g/mol. The summed E-state index contributed by atoms with van der Waals surface area (Å²) >= 11 is 0. The summed E-state index contributed by atoms with van der Waals surface area (Å²) in [5, 5.41) is 0. The minimum absolute atomic E-state index is 0.279. The molecule has 104 valence electrons. The Morgan fingerprint density at radius 2 is 2.06 bits per heavy atom. The van der Waals surface area contributed by atoms with Gasteiger partial charge in [0.25, 0.3) is 0 Å². The van der Waals surface area contributed by atoms with Crippen LogP contribution >= 0.6 is 0 Å². The van der Waals surface area contributed by atoms with Gasteiger partial charge in [-0.05, 0) is 32.4 Å². The third-order valence-corrected chi connectivity index (χ3v) is 3.97. The molecule has 18 heavy (non-hydrogen) atoms. The lowest BCUT2D eigenvalue weighted by molar-refractivity contribution is -0.135.